The smallest absolute Gasteiger partial charge is 0.0858 e. The lowest BCUT2D eigenvalue weighted by molar-refractivity contribution is -0.191. The van der Waals surface area contributed by atoms with Crippen LogP contribution in [0.1, 0.15) is 50.0 Å². The average molecular weight is 296 g/mol. The molecule has 0 spiro atoms. The van der Waals surface area contributed by atoms with Gasteiger partial charge in [-0.15, -0.1) is 0 Å². The van der Waals surface area contributed by atoms with Crippen LogP contribution >= 0.6 is 0 Å². The minimum Gasteiger partial charge on any atom is -0.349 e. The quantitative estimate of drug-likeness (QED) is 0.835. The maximum Gasteiger partial charge on any atom is 0.0858 e. The molecule has 4 rings (SSSR count). The fourth-order valence-electron chi connectivity index (χ4n) is 4.11. The first kappa shape index (κ1) is 14.0. The van der Waals surface area contributed by atoms with Gasteiger partial charge in [0.1, 0.15) is 0 Å². The summed E-state index contributed by atoms with van der Waals surface area (Å²) in [6.45, 7) is 5.60. The Balaban J connectivity index is 1.67. The summed E-state index contributed by atoms with van der Waals surface area (Å²) in [6.07, 6.45) is 4.88. The maximum atomic E-state index is 6.43. The molecule has 3 heteroatoms. The third kappa shape index (κ3) is 2.11. The summed E-state index contributed by atoms with van der Waals surface area (Å²) in [5.74, 6) is 0.585. The van der Waals surface area contributed by atoms with Gasteiger partial charge in [0.15, 0.2) is 0 Å². The third-order valence-corrected chi connectivity index (χ3v) is 5.23. The van der Waals surface area contributed by atoms with Crippen molar-refractivity contribution < 1.29 is 4.84 Å². The highest BCUT2D eigenvalue weighted by Gasteiger charge is 2.50. The predicted molar refractivity (Wildman–Crippen MR) is 87.1 cm³/mol. The van der Waals surface area contributed by atoms with Crippen molar-refractivity contribution >= 4 is 0 Å². The van der Waals surface area contributed by atoms with Gasteiger partial charge in [-0.05, 0) is 31.0 Å². The molecule has 0 saturated carbocycles. The topological polar surface area (TPSA) is 17.4 Å². The molecule has 116 valence electrons. The second-order valence-electron chi connectivity index (χ2n) is 6.57. The van der Waals surface area contributed by atoms with E-state index in [-0.39, 0.29) is 6.04 Å². The van der Waals surface area contributed by atoms with Gasteiger partial charge in [0.05, 0.1) is 18.2 Å². The average Bonchev–Trinajstić information content (AvgIpc) is 3.20. The van der Waals surface area contributed by atoms with Gasteiger partial charge in [-0.2, -0.15) is 5.06 Å². The third-order valence-electron chi connectivity index (χ3n) is 5.23. The van der Waals surface area contributed by atoms with Crippen molar-refractivity contribution in [3.63, 3.8) is 0 Å². The van der Waals surface area contributed by atoms with E-state index in [4.69, 9.17) is 4.84 Å². The number of hydrogen-bond acceptors (Lipinski definition) is 2. The van der Waals surface area contributed by atoms with Gasteiger partial charge in [0, 0.05) is 24.4 Å². The molecule has 1 aromatic heterocycles. The van der Waals surface area contributed by atoms with Crippen molar-refractivity contribution in [1.29, 1.82) is 0 Å². The summed E-state index contributed by atoms with van der Waals surface area (Å²) in [5.41, 5.74) is 2.73. The van der Waals surface area contributed by atoms with Crippen LogP contribution in [0, 0.1) is 5.92 Å². The normalized spacial score (nSPS) is 28.5. The molecular formula is C19H24N2O. The van der Waals surface area contributed by atoms with Crippen molar-refractivity contribution in [2.75, 3.05) is 0 Å². The molecule has 1 aromatic carbocycles. The van der Waals surface area contributed by atoms with Gasteiger partial charge >= 0.3 is 0 Å². The Bertz CT molecular complexity index is 636. The van der Waals surface area contributed by atoms with Crippen LogP contribution in [0.5, 0.6) is 0 Å². The van der Waals surface area contributed by atoms with E-state index in [2.05, 4.69) is 72.1 Å². The van der Waals surface area contributed by atoms with Gasteiger partial charge in [-0.3, -0.25) is 4.84 Å². The fraction of sp³-hybridized carbons (Fsp3) is 0.474. The second-order valence-corrected chi connectivity index (χ2v) is 6.57. The molecule has 0 aliphatic carbocycles. The highest BCUT2D eigenvalue weighted by Crippen LogP contribution is 2.49. The summed E-state index contributed by atoms with van der Waals surface area (Å²) >= 11 is 0. The van der Waals surface area contributed by atoms with Crippen LogP contribution in [-0.4, -0.2) is 15.7 Å². The van der Waals surface area contributed by atoms with E-state index in [0.29, 0.717) is 18.1 Å². The molecule has 0 N–H and O–H groups in total. The number of hydrogen-bond donors (Lipinski definition) is 0. The molecule has 0 amide bonds. The standard InChI is InChI=1S/C19H24N2O/c1-3-8-18-16-13-20-12-7-11-17(20)19(16)21(22-18)14(2)15-9-5-4-6-10-15/h4-7,9-12,14,16,18-19H,3,8,13H2,1-2H3/t14-,16-,18-,19+/m1/s1. The second kappa shape index (κ2) is 5.56. The summed E-state index contributed by atoms with van der Waals surface area (Å²) in [5, 5.41) is 2.26. The number of hydroxylamine groups is 2. The van der Waals surface area contributed by atoms with E-state index in [1.165, 1.54) is 17.7 Å². The Hall–Kier alpha value is -1.58. The van der Waals surface area contributed by atoms with Crippen LogP contribution in [0.2, 0.25) is 0 Å². The van der Waals surface area contributed by atoms with Crippen LogP contribution in [0.3, 0.4) is 0 Å². The Kier molecular flexibility index (Phi) is 3.55. The van der Waals surface area contributed by atoms with E-state index in [0.717, 1.165) is 13.0 Å². The predicted octanol–water partition coefficient (Wildman–Crippen LogP) is 4.34. The van der Waals surface area contributed by atoms with Crippen molar-refractivity contribution in [2.45, 2.75) is 51.4 Å². The van der Waals surface area contributed by atoms with Gasteiger partial charge in [0.2, 0.25) is 0 Å². The Morgan fingerprint density at radius 3 is 2.77 bits per heavy atom. The van der Waals surface area contributed by atoms with Crippen molar-refractivity contribution in [3.8, 4) is 0 Å². The maximum absolute atomic E-state index is 6.43. The number of fused-ring (bicyclic) bond motifs is 3. The van der Waals surface area contributed by atoms with E-state index in [1.54, 1.807) is 0 Å². The molecule has 0 bridgehead atoms. The molecule has 3 heterocycles. The summed E-state index contributed by atoms with van der Waals surface area (Å²) < 4.78 is 2.41. The molecule has 1 fully saturated rings. The number of benzene rings is 1. The number of aromatic nitrogens is 1. The van der Waals surface area contributed by atoms with E-state index < -0.39 is 0 Å². The van der Waals surface area contributed by atoms with Crippen LogP contribution in [0.25, 0.3) is 0 Å². The first-order valence-corrected chi connectivity index (χ1v) is 8.44. The van der Waals surface area contributed by atoms with Crippen molar-refractivity contribution in [3.05, 3.63) is 59.9 Å². The van der Waals surface area contributed by atoms with Gasteiger partial charge in [-0.1, -0.05) is 43.7 Å². The Morgan fingerprint density at radius 1 is 1.18 bits per heavy atom. The Morgan fingerprint density at radius 2 is 2.00 bits per heavy atom. The molecule has 4 atom stereocenters. The van der Waals surface area contributed by atoms with Crippen molar-refractivity contribution in [2.24, 2.45) is 5.92 Å². The van der Waals surface area contributed by atoms with Gasteiger partial charge in [-0.25, -0.2) is 0 Å². The molecular weight excluding hydrogens is 272 g/mol. The lowest BCUT2D eigenvalue weighted by atomic mass is 9.92. The first-order valence-electron chi connectivity index (χ1n) is 8.44. The molecule has 0 radical (unpaired) electrons. The molecule has 2 aliphatic rings. The summed E-state index contributed by atoms with van der Waals surface area (Å²) in [7, 11) is 0. The highest BCUT2D eigenvalue weighted by atomic mass is 16.7. The molecule has 2 aliphatic heterocycles. The largest absolute Gasteiger partial charge is 0.349 e. The Labute approximate surface area is 132 Å². The van der Waals surface area contributed by atoms with E-state index >= 15 is 0 Å². The van der Waals surface area contributed by atoms with Crippen LogP contribution in [0.4, 0.5) is 0 Å². The highest BCUT2D eigenvalue weighted by molar-refractivity contribution is 5.23. The minimum absolute atomic E-state index is 0.275. The lowest BCUT2D eigenvalue weighted by Crippen LogP contribution is -2.26. The number of nitrogens with zero attached hydrogens (tertiary/aromatic N) is 2. The van der Waals surface area contributed by atoms with Crippen LogP contribution in [-0.2, 0) is 11.4 Å². The molecule has 3 nitrogen and oxygen atoms in total. The van der Waals surface area contributed by atoms with E-state index in [1.807, 2.05) is 0 Å². The van der Waals surface area contributed by atoms with Crippen LogP contribution < -0.4 is 0 Å². The lowest BCUT2D eigenvalue weighted by Gasteiger charge is -2.28. The zero-order valence-corrected chi connectivity index (χ0v) is 13.4. The SMILES string of the molecule is CCC[C@H]1ON([C@H](C)c2ccccc2)[C@@H]2c3cccn3C[C@@H]21. The first-order chi connectivity index (χ1) is 10.8. The summed E-state index contributed by atoms with van der Waals surface area (Å²) in [6, 6.07) is 15.8. The van der Waals surface area contributed by atoms with Gasteiger partial charge in [0.25, 0.3) is 0 Å². The molecule has 1 saturated heterocycles. The van der Waals surface area contributed by atoms with E-state index in [9.17, 15) is 0 Å². The molecule has 0 unspecified atom stereocenters. The molecule has 2 aromatic rings. The van der Waals surface area contributed by atoms with Crippen molar-refractivity contribution in [1.82, 2.24) is 9.63 Å². The zero-order chi connectivity index (χ0) is 15.1. The summed E-state index contributed by atoms with van der Waals surface area (Å²) in [4.78, 5) is 6.43. The van der Waals surface area contributed by atoms with Gasteiger partial charge < -0.3 is 4.57 Å². The van der Waals surface area contributed by atoms with Crippen LogP contribution in [0.15, 0.2) is 48.7 Å². The number of rotatable bonds is 4. The monoisotopic (exact) mass is 296 g/mol. The fourth-order valence-corrected chi connectivity index (χ4v) is 4.11. The minimum atomic E-state index is 0.275. The molecule has 22 heavy (non-hydrogen) atoms. The zero-order valence-electron chi connectivity index (χ0n) is 13.4.